The molecule has 0 amide bonds. The third-order valence-electron chi connectivity index (χ3n) is 4.09. The summed E-state index contributed by atoms with van der Waals surface area (Å²) in [6.07, 6.45) is 2.74. The van der Waals surface area contributed by atoms with Gasteiger partial charge >= 0.3 is 0 Å². The molecule has 1 fully saturated rings. The Morgan fingerprint density at radius 3 is 2.67 bits per heavy atom. The van der Waals surface area contributed by atoms with Crippen LogP contribution in [-0.2, 0) is 22.8 Å². The van der Waals surface area contributed by atoms with E-state index in [-0.39, 0.29) is 11.5 Å². The van der Waals surface area contributed by atoms with Crippen LogP contribution in [0.15, 0.2) is 11.6 Å². The number of nitrogens with zero attached hydrogens (tertiary/aromatic N) is 5. The van der Waals surface area contributed by atoms with Crippen molar-refractivity contribution in [3.8, 4) is 0 Å². The maximum atomic E-state index is 11.4. The minimum Gasteiger partial charge on any atom is -0.301 e. The molecule has 132 valence electrons. The van der Waals surface area contributed by atoms with Crippen LogP contribution >= 0.6 is 11.3 Å². The lowest BCUT2D eigenvalue weighted by molar-refractivity contribution is 0.298. The molecule has 1 saturated heterocycles. The number of hydrogen-bond acceptors (Lipinski definition) is 7. The van der Waals surface area contributed by atoms with Gasteiger partial charge in [0.1, 0.15) is 0 Å². The zero-order chi connectivity index (χ0) is 17.2. The van der Waals surface area contributed by atoms with Crippen LogP contribution in [-0.4, -0.2) is 64.4 Å². The van der Waals surface area contributed by atoms with Gasteiger partial charge in [0.25, 0.3) is 0 Å². The Bertz CT molecular complexity index is 767. The topological polar surface area (TPSA) is 81.0 Å². The summed E-state index contributed by atoms with van der Waals surface area (Å²) in [5.74, 6) is 0.979. The van der Waals surface area contributed by atoms with Gasteiger partial charge in [-0.25, -0.2) is 18.1 Å². The summed E-state index contributed by atoms with van der Waals surface area (Å²) >= 11 is 1.68. The van der Waals surface area contributed by atoms with Gasteiger partial charge in [-0.2, -0.15) is 0 Å². The molecule has 7 nitrogen and oxygen atoms in total. The van der Waals surface area contributed by atoms with E-state index in [2.05, 4.69) is 39.4 Å². The molecule has 3 rings (SSSR count). The van der Waals surface area contributed by atoms with E-state index >= 15 is 0 Å². The highest BCUT2D eigenvalue weighted by Gasteiger charge is 2.21. The number of aromatic nitrogens is 4. The fraction of sp³-hybridized carbons (Fsp3) is 0.667. The molecule has 1 aliphatic heterocycles. The highest BCUT2D eigenvalue weighted by atomic mass is 32.2. The van der Waals surface area contributed by atoms with Gasteiger partial charge in [0, 0.05) is 43.5 Å². The summed E-state index contributed by atoms with van der Waals surface area (Å²) in [6, 6.07) is 0. The van der Waals surface area contributed by atoms with Crippen molar-refractivity contribution in [1.82, 2.24) is 24.9 Å². The van der Waals surface area contributed by atoms with Crippen molar-refractivity contribution < 1.29 is 8.42 Å². The van der Waals surface area contributed by atoms with Crippen LogP contribution < -0.4 is 0 Å². The lowest BCUT2D eigenvalue weighted by Gasteiger charge is -2.25. The molecule has 0 radical (unpaired) electrons. The molecule has 1 aliphatic rings. The van der Waals surface area contributed by atoms with Gasteiger partial charge in [-0.15, -0.1) is 16.4 Å². The van der Waals surface area contributed by atoms with Crippen molar-refractivity contribution in [2.75, 3.05) is 31.1 Å². The lowest BCUT2D eigenvalue weighted by Crippen LogP contribution is -2.41. The summed E-state index contributed by atoms with van der Waals surface area (Å²) in [5, 5.41) is 11.6. The number of sulfone groups is 1. The third kappa shape index (κ3) is 4.61. The molecule has 0 aromatic carbocycles. The summed E-state index contributed by atoms with van der Waals surface area (Å²) in [6.45, 7) is 6.98. The van der Waals surface area contributed by atoms with Crippen molar-refractivity contribution in [3.05, 3.63) is 28.0 Å². The van der Waals surface area contributed by atoms with E-state index in [1.54, 1.807) is 11.3 Å². The van der Waals surface area contributed by atoms with E-state index < -0.39 is 9.84 Å². The molecule has 0 atom stereocenters. The van der Waals surface area contributed by atoms with Crippen molar-refractivity contribution >= 4 is 21.2 Å². The van der Waals surface area contributed by atoms with E-state index in [4.69, 9.17) is 0 Å². The fourth-order valence-electron chi connectivity index (χ4n) is 2.60. The lowest BCUT2D eigenvalue weighted by atomic mass is 10.2. The van der Waals surface area contributed by atoms with Crippen molar-refractivity contribution in [3.63, 3.8) is 0 Å². The molecule has 3 heterocycles. The normalized spacial score (nSPS) is 18.3. The molecule has 2 aromatic rings. The molecular formula is C15H23N5O2S2. The Kier molecular flexibility index (Phi) is 5.31. The molecule has 24 heavy (non-hydrogen) atoms. The van der Waals surface area contributed by atoms with Gasteiger partial charge in [0.2, 0.25) is 0 Å². The van der Waals surface area contributed by atoms with Gasteiger partial charge in [-0.1, -0.05) is 19.1 Å². The standard InChI is InChI=1S/C15H23N5O2S2/c1-12(2)15-16-14(11-23-15)10-20-9-13(17-18-20)3-4-19-5-7-24(21,22)8-6-19/h9,11-12H,3-8,10H2,1-2H3. The van der Waals surface area contributed by atoms with Crippen LogP contribution in [0.3, 0.4) is 0 Å². The Morgan fingerprint density at radius 2 is 2.00 bits per heavy atom. The molecule has 0 spiro atoms. The van der Waals surface area contributed by atoms with E-state index in [1.807, 2.05) is 10.9 Å². The van der Waals surface area contributed by atoms with Gasteiger partial charge in [0.05, 0.1) is 34.4 Å². The van der Waals surface area contributed by atoms with Crippen LogP contribution in [0.1, 0.15) is 36.2 Å². The second-order valence-electron chi connectivity index (χ2n) is 6.48. The fourth-order valence-corrected chi connectivity index (χ4v) is 4.71. The summed E-state index contributed by atoms with van der Waals surface area (Å²) in [4.78, 5) is 6.79. The molecular weight excluding hydrogens is 346 g/mol. The number of thiazole rings is 1. The van der Waals surface area contributed by atoms with Crippen molar-refractivity contribution in [2.45, 2.75) is 32.7 Å². The predicted octanol–water partition coefficient (Wildman–Crippen LogP) is 1.18. The first kappa shape index (κ1) is 17.5. The molecule has 0 N–H and O–H groups in total. The Morgan fingerprint density at radius 1 is 1.25 bits per heavy atom. The molecule has 0 unspecified atom stereocenters. The monoisotopic (exact) mass is 369 g/mol. The van der Waals surface area contributed by atoms with Crippen molar-refractivity contribution in [1.29, 1.82) is 0 Å². The number of hydrogen-bond donors (Lipinski definition) is 0. The highest BCUT2D eigenvalue weighted by molar-refractivity contribution is 7.91. The predicted molar refractivity (Wildman–Crippen MR) is 94.1 cm³/mol. The Balaban J connectivity index is 1.50. The van der Waals surface area contributed by atoms with Gasteiger partial charge < -0.3 is 4.90 Å². The van der Waals surface area contributed by atoms with Crippen LogP contribution in [0.25, 0.3) is 0 Å². The molecule has 2 aromatic heterocycles. The van der Waals surface area contributed by atoms with E-state index in [0.29, 0.717) is 25.6 Å². The molecule has 0 saturated carbocycles. The zero-order valence-electron chi connectivity index (χ0n) is 14.1. The smallest absolute Gasteiger partial charge is 0.152 e. The molecule has 0 aliphatic carbocycles. The Hall–Kier alpha value is -1.32. The van der Waals surface area contributed by atoms with Crippen LogP contribution in [0, 0.1) is 0 Å². The summed E-state index contributed by atoms with van der Waals surface area (Å²) < 4.78 is 24.7. The Labute approximate surface area is 146 Å². The average molecular weight is 370 g/mol. The minimum atomic E-state index is -2.81. The highest BCUT2D eigenvalue weighted by Crippen LogP contribution is 2.19. The minimum absolute atomic E-state index is 0.266. The largest absolute Gasteiger partial charge is 0.301 e. The molecule has 0 bridgehead atoms. The van der Waals surface area contributed by atoms with Gasteiger partial charge in [-0.3, -0.25) is 0 Å². The zero-order valence-corrected chi connectivity index (χ0v) is 15.7. The maximum absolute atomic E-state index is 11.4. The SMILES string of the molecule is CC(C)c1nc(Cn2cc(CCN3CCS(=O)(=O)CC3)nn2)cs1. The third-order valence-corrected chi connectivity index (χ3v) is 6.90. The van der Waals surface area contributed by atoms with E-state index in [1.165, 1.54) is 0 Å². The second kappa shape index (κ2) is 7.28. The van der Waals surface area contributed by atoms with Crippen molar-refractivity contribution in [2.24, 2.45) is 0 Å². The quantitative estimate of drug-likeness (QED) is 0.761. The van der Waals surface area contributed by atoms with E-state index in [9.17, 15) is 8.42 Å². The first-order chi connectivity index (χ1) is 11.4. The summed E-state index contributed by atoms with van der Waals surface area (Å²) in [5.41, 5.74) is 1.95. The summed E-state index contributed by atoms with van der Waals surface area (Å²) in [7, 11) is -2.81. The maximum Gasteiger partial charge on any atom is 0.152 e. The van der Waals surface area contributed by atoms with E-state index in [0.717, 1.165) is 29.4 Å². The van der Waals surface area contributed by atoms with Crippen LogP contribution in [0.2, 0.25) is 0 Å². The average Bonchev–Trinajstić information content (AvgIpc) is 3.16. The van der Waals surface area contributed by atoms with Crippen LogP contribution in [0.4, 0.5) is 0 Å². The second-order valence-corrected chi connectivity index (χ2v) is 9.68. The van der Waals surface area contributed by atoms with Crippen LogP contribution in [0.5, 0.6) is 0 Å². The first-order valence-electron chi connectivity index (χ1n) is 8.17. The van der Waals surface area contributed by atoms with Gasteiger partial charge in [-0.05, 0) is 0 Å². The van der Waals surface area contributed by atoms with Gasteiger partial charge in [0.15, 0.2) is 9.84 Å². The number of rotatable bonds is 6. The first-order valence-corrected chi connectivity index (χ1v) is 10.9. The molecule has 9 heteroatoms.